The minimum Gasteiger partial charge on any atom is -0.306 e. The van der Waals surface area contributed by atoms with Crippen molar-refractivity contribution in [2.75, 3.05) is 27.7 Å². The van der Waals surface area contributed by atoms with Crippen LogP contribution in [0.1, 0.15) is 71.6 Å². The maximum absolute atomic E-state index is 2.69. The van der Waals surface area contributed by atoms with Gasteiger partial charge < -0.3 is 9.80 Å². The molecule has 7 atom stereocenters. The highest BCUT2D eigenvalue weighted by atomic mass is 15.2. The van der Waals surface area contributed by atoms with E-state index in [9.17, 15) is 0 Å². The molecular formula is C24H40N2. The van der Waals surface area contributed by atoms with E-state index in [0.717, 1.165) is 29.8 Å². The first-order chi connectivity index (χ1) is 12.4. The van der Waals surface area contributed by atoms with Crippen LogP contribution >= 0.6 is 0 Å². The van der Waals surface area contributed by atoms with Gasteiger partial charge in [0, 0.05) is 18.6 Å². The predicted octanol–water partition coefficient (Wildman–Crippen LogP) is 4.95. The maximum Gasteiger partial charge on any atom is 0.00983 e. The number of nitrogens with zero attached hydrogens (tertiary/aromatic N) is 2. The summed E-state index contributed by atoms with van der Waals surface area (Å²) in [5, 5.41) is 0. The Bertz CT molecular complexity index is 622. The molecule has 1 unspecified atom stereocenters. The summed E-state index contributed by atoms with van der Waals surface area (Å²) >= 11 is 0. The molecule has 4 aliphatic carbocycles. The van der Waals surface area contributed by atoms with Crippen molar-refractivity contribution in [2.24, 2.45) is 28.6 Å². The summed E-state index contributed by atoms with van der Waals surface area (Å²) in [6.07, 6.45) is 13.2. The number of hydrogen-bond donors (Lipinski definition) is 0. The Labute approximate surface area is 161 Å². The smallest absolute Gasteiger partial charge is 0.00983 e. The fourth-order valence-electron chi connectivity index (χ4n) is 8.74. The van der Waals surface area contributed by atoms with Crippen LogP contribution in [0, 0.1) is 28.6 Å². The number of hydrogen-bond acceptors (Lipinski definition) is 2. The van der Waals surface area contributed by atoms with Gasteiger partial charge >= 0.3 is 0 Å². The van der Waals surface area contributed by atoms with Crippen molar-refractivity contribution in [3.63, 3.8) is 0 Å². The highest BCUT2D eigenvalue weighted by Gasteiger charge is 2.61. The van der Waals surface area contributed by atoms with E-state index in [4.69, 9.17) is 0 Å². The predicted molar refractivity (Wildman–Crippen MR) is 109 cm³/mol. The molecule has 146 valence electrons. The lowest BCUT2D eigenvalue weighted by molar-refractivity contribution is 0.106. The zero-order valence-electron chi connectivity index (χ0n) is 17.9. The zero-order chi connectivity index (χ0) is 18.3. The Balaban J connectivity index is 1.45. The normalized spacial score (nSPS) is 51.2. The summed E-state index contributed by atoms with van der Waals surface area (Å²) in [5.41, 5.74) is 5.22. The van der Waals surface area contributed by atoms with Gasteiger partial charge in [0.25, 0.3) is 0 Å². The highest BCUT2D eigenvalue weighted by Crippen LogP contribution is 2.66. The van der Waals surface area contributed by atoms with E-state index in [1.54, 1.807) is 0 Å². The van der Waals surface area contributed by atoms with E-state index < -0.39 is 0 Å². The lowest BCUT2D eigenvalue weighted by Gasteiger charge is -2.51. The molecule has 3 fully saturated rings. The van der Waals surface area contributed by atoms with Crippen LogP contribution in [0.5, 0.6) is 0 Å². The average Bonchev–Trinajstić information content (AvgIpc) is 3.25. The molecule has 5 aliphatic rings. The topological polar surface area (TPSA) is 6.48 Å². The molecule has 26 heavy (non-hydrogen) atoms. The Morgan fingerprint density at radius 2 is 1.73 bits per heavy atom. The third-order valence-electron chi connectivity index (χ3n) is 10.4. The third-order valence-corrected chi connectivity index (χ3v) is 10.4. The molecule has 0 N–H and O–H groups in total. The van der Waals surface area contributed by atoms with Crippen LogP contribution in [0.3, 0.4) is 0 Å². The molecule has 2 heteroatoms. The Morgan fingerprint density at radius 1 is 0.962 bits per heavy atom. The van der Waals surface area contributed by atoms with E-state index in [-0.39, 0.29) is 0 Å². The molecule has 0 aromatic heterocycles. The summed E-state index contributed by atoms with van der Waals surface area (Å²) in [4.78, 5) is 5.19. The Morgan fingerprint density at radius 3 is 2.46 bits per heavy atom. The first-order valence-electron chi connectivity index (χ1n) is 11.5. The van der Waals surface area contributed by atoms with E-state index in [1.807, 2.05) is 11.1 Å². The lowest BCUT2D eigenvalue weighted by Crippen LogP contribution is -2.42. The second-order valence-corrected chi connectivity index (χ2v) is 11.1. The van der Waals surface area contributed by atoms with Gasteiger partial charge in [-0.25, -0.2) is 0 Å². The van der Waals surface area contributed by atoms with Crippen LogP contribution in [0.2, 0.25) is 0 Å². The van der Waals surface area contributed by atoms with Gasteiger partial charge in [0.1, 0.15) is 0 Å². The van der Waals surface area contributed by atoms with Gasteiger partial charge in [-0.1, -0.05) is 18.1 Å². The van der Waals surface area contributed by atoms with E-state index in [1.165, 1.54) is 64.3 Å². The molecular weight excluding hydrogens is 316 g/mol. The molecule has 0 radical (unpaired) electrons. The quantitative estimate of drug-likeness (QED) is 0.613. The van der Waals surface area contributed by atoms with Crippen LogP contribution in [0.4, 0.5) is 0 Å². The molecule has 1 saturated heterocycles. The van der Waals surface area contributed by atoms with Crippen molar-refractivity contribution in [3.05, 3.63) is 11.1 Å². The molecule has 2 nitrogen and oxygen atoms in total. The SMILES string of the molecule is C[C@@H]1C2=C(CC[C@]13CC[C@H](N(C)C)C3)[C@H]1CC[C@@H]3[C@H](C)N(C)CC13CC2. The maximum atomic E-state index is 2.69. The molecule has 0 amide bonds. The number of allylic oxidation sites excluding steroid dienone is 2. The van der Waals surface area contributed by atoms with Crippen LogP contribution < -0.4 is 0 Å². The van der Waals surface area contributed by atoms with Crippen LogP contribution in [-0.2, 0) is 0 Å². The third kappa shape index (κ3) is 2.18. The first-order valence-corrected chi connectivity index (χ1v) is 11.5. The van der Waals surface area contributed by atoms with Gasteiger partial charge in [0.05, 0.1) is 0 Å². The molecule has 0 aromatic rings. The van der Waals surface area contributed by atoms with E-state index >= 15 is 0 Å². The van der Waals surface area contributed by atoms with Gasteiger partial charge in [0.2, 0.25) is 0 Å². The minimum atomic E-state index is 0.635. The fraction of sp³-hybridized carbons (Fsp3) is 0.917. The number of fused-ring (bicyclic) bond motifs is 1. The van der Waals surface area contributed by atoms with Crippen molar-refractivity contribution in [3.8, 4) is 0 Å². The summed E-state index contributed by atoms with van der Waals surface area (Å²) in [6.45, 7) is 6.51. The zero-order valence-corrected chi connectivity index (χ0v) is 17.9. The lowest BCUT2D eigenvalue weighted by atomic mass is 9.54. The Hall–Kier alpha value is -0.340. The van der Waals surface area contributed by atoms with Gasteiger partial charge in [0.15, 0.2) is 0 Å². The van der Waals surface area contributed by atoms with Crippen molar-refractivity contribution in [2.45, 2.75) is 83.7 Å². The van der Waals surface area contributed by atoms with Crippen LogP contribution in [-0.4, -0.2) is 49.6 Å². The van der Waals surface area contributed by atoms with Gasteiger partial charge in [-0.3, -0.25) is 0 Å². The average molecular weight is 357 g/mol. The van der Waals surface area contributed by atoms with Crippen molar-refractivity contribution >= 4 is 0 Å². The van der Waals surface area contributed by atoms with Crippen LogP contribution in [0.15, 0.2) is 11.1 Å². The summed E-state index contributed by atoms with van der Waals surface area (Å²) in [7, 11) is 6.97. The monoisotopic (exact) mass is 356 g/mol. The summed E-state index contributed by atoms with van der Waals surface area (Å²) in [6, 6.07) is 1.64. The van der Waals surface area contributed by atoms with Crippen molar-refractivity contribution < 1.29 is 0 Å². The Kier molecular flexibility index (Phi) is 3.98. The summed E-state index contributed by atoms with van der Waals surface area (Å²) in [5.74, 6) is 2.76. The summed E-state index contributed by atoms with van der Waals surface area (Å²) < 4.78 is 0. The highest BCUT2D eigenvalue weighted by molar-refractivity contribution is 5.34. The van der Waals surface area contributed by atoms with Crippen molar-refractivity contribution in [1.82, 2.24) is 9.80 Å². The fourth-order valence-corrected chi connectivity index (χ4v) is 8.74. The molecule has 0 bridgehead atoms. The van der Waals surface area contributed by atoms with Gasteiger partial charge in [-0.15, -0.1) is 0 Å². The van der Waals surface area contributed by atoms with E-state index in [2.05, 4.69) is 44.8 Å². The molecule has 2 spiro atoms. The minimum absolute atomic E-state index is 0.635. The standard InChI is InChI=1S/C24H40N2/c1-16-19-10-13-24-15-26(5)17(2)21(24)6-7-22(24)20(19)9-12-23(16)11-8-18(14-23)25(3)4/h16-18,21-22H,6-15H2,1-5H3/t16-,17+,18+,21-,22-,23+,24?/m1/s1. The number of likely N-dealkylation sites (tertiary alicyclic amines) is 1. The second-order valence-electron chi connectivity index (χ2n) is 11.1. The van der Waals surface area contributed by atoms with Gasteiger partial charge in [-0.2, -0.15) is 0 Å². The largest absolute Gasteiger partial charge is 0.306 e. The van der Waals surface area contributed by atoms with E-state index in [0.29, 0.717) is 10.8 Å². The van der Waals surface area contributed by atoms with Gasteiger partial charge in [-0.05, 0) is 114 Å². The molecule has 1 aliphatic heterocycles. The number of rotatable bonds is 1. The first kappa shape index (κ1) is 17.7. The molecule has 0 aromatic carbocycles. The molecule has 1 heterocycles. The molecule has 5 rings (SSSR count). The second kappa shape index (κ2) is 5.83. The van der Waals surface area contributed by atoms with Crippen molar-refractivity contribution in [1.29, 1.82) is 0 Å². The van der Waals surface area contributed by atoms with Crippen LogP contribution in [0.25, 0.3) is 0 Å². The molecule has 2 saturated carbocycles.